The smallest absolute Gasteiger partial charge is 0.223 e. The van der Waals surface area contributed by atoms with E-state index < -0.39 is 0 Å². The number of carbonyl (C=O) groups is 3. The van der Waals surface area contributed by atoms with E-state index in [1.807, 2.05) is 24.3 Å². The third-order valence-corrected chi connectivity index (χ3v) is 4.85. The normalized spacial score (nSPS) is 20.9. The van der Waals surface area contributed by atoms with Crippen LogP contribution in [0.25, 0.3) is 0 Å². The van der Waals surface area contributed by atoms with Gasteiger partial charge in [0.25, 0.3) is 0 Å². The van der Waals surface area contributed by atoms with Crippen LogP contribution in [0.3, 0.4) is 0 Å². The Morgan fingerprint density at radius 1 is 1.22 bits per heavy atom. The Bertz CT molecular complexity index is 660. The molecule has 1 aromatic carbocycles. The summed E-state index contributed by atoms with van der Waals surface area (Å²) < 4.78 is 5.13. The molecule has 0 saturated carbocycles. The highest BCUT2D eigenvalue weighted by molar-refractivity contribution is 5.85. The first-order valence-corrected chi connectivity index (χ1v) is 9.30. The van der Waals surface area contributed by atoms with Crippen molar-refractivity contribution < 1.29 is 19.1 Å². The molecule has 3 amide bonds. The number of ether oxygens (including phenoxy) is 1. The predicted octanol–water partition coefficient (Wildman–Crippen LogP) is 1.46. The van der Waals surface area contributed by atoms with Gasteiger partial charge in [-0.1, -0.05) is 18.6 Å². The van der Waals surface area contributed by atoms with E-state index in [2.05, 4.69) is 10.6 Å². The summed E-state index contributed by atoms with van der Waals surface area (Å²) in [7, 11) is 3.33. The molecule has 1 heterocycles. The van der Waals surface area contributed by atoms with Gasteiger partial charge in [0.2, 0.25) is 17.7 Å². The number of rotatable bonds is 5. The summed E-state index contributed by atoms with van der Waals surface area (Å²) in [6, 6.07) is 7.43. The van der Waals surface area contributed by atoms with Gasteiger partial charge in [0.15, 0.2) is 0 Å². The fourth-order valence-corrected chi connectivity index (χ4v) is 3.31. The van der Waals surface area contributed by atoms with Crippen LogP contribution in [0.5, 0.6) is 5.75 Å². The number of methoxy groups -OCH3 is 1. The van der Waals surface area contributed by atoms with E-state index in [0.29, 0.717) is 19.5 Å². The van der Waals surface area contributed by atoms with E-state index >= 15 is 0 Å². The zero-order valence-corrected chi connectivity index (χ0v) is 16.3. The largest absolute Gasteiger partial charge is 0.497 e. The molecule has 1 saturated heterocycles. The summed E-state index contributed by atoms with van der Waals surface area (Å²) in [4.78, 5) is 38.0. The zero-order chi connectivity index (χ0) is 19.8. The first kappa shape index (κ1) is 20.7. The number of nitrogens with one attached hydrogen (secondary N) is 2. The van der Waals surface area contributed by atoms with Crippen LogP contribution in [0.2, 0.25) is 0 Å². The van der Waals surface area contributed by atoms with Crippen molar-refractivity contribution in [3.8, 4) is 5.75 Å². The van der Waals surface area contributed by atoms with Gasteiger partial charge in [-0.15, -0.1) is 0 Å². The highest BCUT2D eigenvalue weighted by atomic mass is 16.5. The fraction of sp³-hybridized carbons (Fsp3) is 0.550. The molecule has 0 spiro atoms. The van der Waals surface area contributed by atoms with E-state index in [-0.39, 0.29) is 36.1 Å². The maximum absolute atomic E-state index is 12.6. The molecule has 1 aliphatic rings. The number of benzene rings is 1. The van der Waals surface area contributed by atoms with Crippen LogP contribution in [0.1, 0.15) is 38.2 Å². The van der Waals surface area contributed by atoms with Crippen LogP contribution < -0.4 is 15.4 Å². The third-order valence-electron chi connectivity index (χ3n) is 4.85. The molecule has 2 atom stereocenters. The van der Waals surface area contributed by atoms with Crippen LogP contribution >= 0.6 is 0 Å². The Balaban J connectivity index is 1.94. The van der Waals surface area contributed by atoms with Gasteiger partial charge in [-0.05, 0) is 30.5 Å². The van der Waals surface area contributed by atoms with Crippen LogP contribution in [0.4, 0.5) is 0 Å². The topological polar surface area (TPSA) is 87.7 Å². The van der Waals surface area contributed by atoms with Crippen molar-refractivity contribution in [2.75, 3.05) is 20.7 Å². The summed E-state index contributed by atoms with van der Waals surface area (Å²) >= 11 is 0. The van der Waals surface area contributed by atoms with Crippen LogP contribution in [-0.2, 0) is 20.9 Å². The van der Waals surface area contributed by atoms with Gasteiger partial charge in [-0.3, -0.25) is 14.4 Å². The Labute approximate surface area is 160 Å². The van der Waals surface area contributed by atoms with Crippen molar-refractivity contribution in [2.45, 2.75) is 45.2 Å². The Morgan fingerprint density at radius 2 is 1.93 bits per heavy atom. The summed E-state index contributed by atoms with van der Waals surface area (Å²) in [5.74, 6) is 0.134. The molecule has 0 bridgehead atoms. The van der Waals surface area contributed by atoms with E-state index in [1.165, 1.54) is 6.92 Å². The molecule has 7 heteroatoms. The second kappa shape index (κ2) is 9.94. The lowest BCUT2D eigenvalue weighted by atomic mass is 9.96. The zero-order valence-electron chi connectivity index (χ0n) is 16.3. The lowest BCUT2D eigenvalue weighted by Gasteiger charge is -2.23. The molecule has 2 rings (SSSR count). The molecule has 0 aliphatic carbocycles. The van der Waals surface area contributed by atoms with Crippen molar-refractivity contribution in [3.63, 3.8) is 0 Å². The molecular formula is C20H29N3O4. The van der Waals surface area contributed by atoms with Crippen LogP contribution in [-0.4, -0.2) is 49.4 Å². The maximum atomic E-state index is 12.6. The molecule has 1 aliphatic heterocycles. The van der Waals surface area contributed by atoms with Gasteiger partial charge in [0.1, 0.15) is 5.75 Å². The van der Waals surface area contributed by atoms with Crippen molar-refractivity contribution >= 4 is 17.7 Å². The average molecular weight is 375 g/mol. The molecule has 148 valence electrons. The van der Waals surface area contributed by atoms with Gasteiger partial charge in [-0.25, -0.2) is 0 Å². The molecule has 2 N–H and O–H groups in total. The van der Waals surface area contributed by atoms with E-state index in [4.69, 9.17) is 4.74 Å². The van der Waals surface area contributed by atoms with Gasteiger partial charge >= 0.3 is 0 Å². The van der Waals surface area contributed by atoms with Gasteiger partial charge in [0.05, 0.1) is 7.11 Å². The van der Waals surface area contributed by atoms with Crippen molar-refractivity contribution in [1.82, 2.24) is 15.5 Å². The minimum Gasteiger partial charge on any atom is -0.497 e. The first-order chi connectivity index (χ1) is 12.9. The molecule has 1 fully saturated rings. The van der Waals surface area contributed by atoms with Crippen molar-refractivity contribution in [2.24, 2.45) is 5.92 Å². The molecule has 7 nitrogen and oxygen atoms in total. The number of hydrogen-bond acceptors (Lipinski definition) is 4. The summed E-state index contributed by atoms with van der Waals surface area (Å²) in [6.45, 7) is 2.36. The molecule has 27 heavy (non-hydrogen) atoms. The maximum Gasteiger partial charge on any atom is 0.223 e. The molecule has 2 unspecified atom stereocenters. The van der Waals surface area contributed by atoms with Gasteiger partial charge in [0, 0.05) is 45.4 Å². The SMILES string of the molecule is COc1ccc(CNC(=O)C2CCCC(NC(C)=O)CN(C)C(=O)C2)cc1. The van der Waals surface area contributed by atoms with E-state index in [1.54, 1.807) is 19.1 Å². The number of nitrogens with zero attached hydrogens (tertiary/aromatic N) is 1. The monoisotopic (exact) mass is 375 g/mol. The van der Waals surface area contributed by atoms with Crippen LogP contribution in [0.15, 0.2) is 24.3 Å². The minimum absolute atomic E-state index is 0.0717. The molecule has 0 radical (unpaired) electrons. The predicted molar refractivity (Wildman–Crippen MR) is 102 cm³/mol. The lowest BCUT2D eigenvalue weighted by molar-refractivity contribution is -0.135. The highest BCUT2D eigenvalue weighted by Crippen LogP contribution is 2.19. The number of carbonyl (C=O) groups excluding carboxylic acids is 3. The van der Waals surface area contributed by atoms with Crippen molar-refractivity contribution in [3.05, 3.63) is 29.8 Å². The quantitative estimate of drug-likeness (QED) is 0.816. The third kappa shape index (κ3) is 6.58. The van der Waals surface area contributed by atoms with Crippen LogP contribution in [0, 0.1) is 5.92 Å². The van der Waals surface area contributed by atoms with Crippen molar-refractivity contribution in [1.29, 1.82) is 0 Å². The molecule has 1 aromatic rings. The Morgan fingerprint density at radius 3 is 2.56 bits per heavy atom. The summed E-state index contributed by atoms with van der Waals surface area (Å²) in [5.41, 5.74) is 0.974. The minimum atomic E-state index is -0.353. The summed E-state index contributed by atoms with van der Waals surface area (Å²) in [6.07, 6.45) is 2.36. The van der Waals surface area contributed by atoms with Gasteiger partial charge < -0.3 is 20.3 Å². The number of hydrogen-bond donors (Lipinski definition) is 2. The average Bonchev–Trinajstić information content (AvgIpc) is 2.70. The van der Waals surface area contributed by atoms with E-state index in [9.17, 15) is 14.4 Å². The number of amides is 3. The molecule has 0 aromatic heterocycles. The molecular weight excluding hydrogens is 346 g/mol. The second-order valence-corrected chi connectivity index (χ2v) is 7.07. The lowest BCUT2D eigenvalue weighted by Crippen LogP contribution is -2.43. The Kier molecular flexibility index (Phi) is 7.64. The van der Waals surface area contributed by atoms with E-state index in [0.717, 1.165) is 24.2 Å². The highest BCUT2D eigenvalue weighted by Gasteiger charge is 2.27. The second-order valence-electron chi connectivity index (χ2n) is 7.07. The summed E-state index contributed by atoms with van der Waals surface area (Å²) in [5, 5.41) is 5.82. The number of likely N-dealkylation sites (N-methyl/N-ethyl adjacent to an activating group) is 1. The standard InChI is InChI=1S/C20H29N3O4/c1-14(24)22-17-6-4-5-16(11-19(25)23(2)13-17)20(26)21-12-15-7-9-18(27-3)10-8-15/h7-10,16-17H,4-6,11-13H2,1-3H3,(H,21,26)(H,22,24). The first-order valence-electron chi connectivity index (χ1n) is 9.30. The fourth-order valence-electron chi connectivity index (χ4n) is 3.31. The van der Waals surface area contributed by atoms with Gasteiger partial charge in [-0.2, -0.15) is 0 Å². The Hall–Kier alpha value is -2.57.